The molecule has 0 radical (unpaired) electrons. The van der Waals surface area contributed by atoms with Gasteiger partial charge in [-0.25, -0.2) is 0 Å². The van der Waals surface area contributed by atoms with Crippen molar-refractivity contribution in [3.63, 3.8) is 0 Å². The number of amides is 1. The van der Waals surface area contributed by atoms with Gasteiger partial charge in [-0.15, -0.1) is 10.2 Å². The van der Waals surface area contributed by atoms with Gasteiger partial charge in [0, 0.05) is 24.2 Å². The van der Waals surface area contributed by atoms with Gasteiger partial charge >= 0.3 is 0 Å². The summed E-state index contributed by atoms with van der Waals surface area (Å²) in [5, 5.41) is 18.2. The molecular formula is C19H21N5O2. The molecular weight excluding hydrogens is 330 g/mol. The highest BCUT2D eigenvalue weighted by Gasteiger charge is 2.14. The van der Waals surface area contributed by atoms with Crippen molar-refractivity contribution < 1.29 is 9.32 Å². The Balaban J connectivity index is 1.68. The minimum absolute atomic E-state index is 0.216. The maximum Gasteiger partial charge on any atom is 0.271 e. The highest BCUT2D eigenvalue weighted by atomic mass is 16.5. The molecule has 0 aliphatic heterocycles. The molecule has 7 heteroatoms. The third-order valence-electron chi connectivity index (χ3n) is 3.91. The Bertz CT molecular complexity index is 859. The van der Waals surface area contributed by atoms with Crippen LogP contribution in [0.2, 0.25) is 0 Å². The van der Waals surface area contributed by atoms with Crippen LogP contribution in [-0.4, -0.2) is 27.8 Å². The lowest BCUT2D eigenvalue weighted by atomic mass is 10.1. The predicted molar refractivity (Wildman–Crippen MR) is 98.7 cm³/mol. The second-order valence-electron chi connectivity index (χ2n) is 5.85. The first-order chi connectivity index (χ1) is 12.7. The van der Waals surface area contributed by atoms with Crippen molar-refractivity contribution in [3.05, 3.63) is 59.5 Å². The fraction of sp³-hybridized carbons (Fsp3) is 0.263. The SMILES string of the molecule is CCCNC(=O)c1ccc(NCc2c(-c3ccccc3)noc2C)nn1. The number of carbonyl (C=O) groups excluding carboxylic acids is 1. The zero-order valence-corrected chi connectivity index (χ0v) is 14.8. The van der Waals surface area contributed by atoms with Crippen LogP contribution >= 0.6 is 0 Å². The monoisotopic (exact) mass is 351 g/mol. The van der Waals surface area contributed by atoms with E-state index in [0.717, 1.165) is 29.0 Å². The van der Waals surface area contributed by atoms with E-state index in [1.54, 1.807) is 12.1 Å². The van der Waals surface area contributed by atoms with Gasteiger partial charge in [0.1, 0.15) is 17.3 Å². The molecule has 0 fully saturated rings. The van der Waals surface area contributed by atoms with Crippen molar-refractivity contribution in [1.29, 1.82) is 0 Å². The van der Waals surface area contributed by atoms with Gasteiger partial charge in [-0.1, -0.05) is 42.4 Å². The van der Waals surface area contributed by atoms with E-state index in [9.17, 15) is 4.79 Å². The summed E-state index contributed by atoms with van der Waals surface area (Å²) in [6.45, 7) is 4.99. The number of hydrogen-bond donors (Lipinski definition) is 2. The van der Waals surface area contributed by atoms with Gasteiger partial charge in [-0.2, -0.15) is 0 Å². The van der Waals surface area contributed by atoms with E-state index < -0.39 is 0 Å². The van der Waals surface area contributed by atoms with E-state index in [1.807, 2.05) is 44.2 Å². The molecule has 0 unspecified atom stereocenters. The van der Waals surface area contributed by atoms with Crippen LogP contribution in [0.4, 0.5) is 5.82 Å². The first kappa shape index (κ1) is 17.6. The Kier molecular flexibility index (Phi) is 5.58. The lowest BCUT2D eigenvalue weighted by Crippen LogP contribution is -2.25. The predicted octanol–water partition coefficient (Wildman–Crippen LogP) is 3.19. The Morgan fingerprint density at radius 1 is 1.12 bits per heavy atom. The molecule has 0 atom stereocenters. The van der Waals surface area contributed by atoms with Crippen molar-refractivity contribution in [2.75, 3.05) is 11.9 Å². The first-order valence-electron chi connectivity index (χ1n) is 8.55. The zero-order chi connectivity index (χ0) is 18.4. The number of aryl methyl sites for hydroxylation is 1. The van der Waals surface area contributed by atoms with Crippen molar-refractivity contribution in [3.8, 4) is 11.3 Å². The van der Waals surface area contributed by atoms with Gasteiger partial charge < -0.3 is 15.2 Å². The highest BCUT2D eigenvalue weighted by Crippen LogP contribution is 2.25. The molecule has 1 aromatic carbocycles. The molecule has 0 aliphatic carbocycles. The number of nitrogens with one attached hydrogen (secondary N) is 2. The largest absolute Gasteiger partial charge is 0.364 e. The Morgan fingerprint density at radius 3 is 2.62 bits per heavy atom. The summed E-state index contributed by atoms with van der Waals surface area (Å²) in [6.07, 6.45) is 0.876. The van der Waals surface area contributed by atoms with Crippen molar-refractivity contribution in [2.45, 2.75) is 26.8 Å². The number of carbonyl (C=O) groups is 1. The quantitative estimate of drug-likeness (QED) is 0.679. The average molecular weight is 351 g/mol. The summed E-state index contributed by atoms with van der Waals surface area (Å²) in [4.78, 5) is 11.9. The second-order valence-corrected chi connectivity index (χ2v) is 5.85. The third-order valence-corrected chi connectivity index (χ3v) is 3.91. The summed E-state index contributed by atoms with van der Waals surface area (Å²) in [7, 11) is 0. The number of benzene rings is 1. The fourth-order valence-corrected chi connectivity index (χ4v) is 2.48. The number of anilines is 1. The summed E-state index contributed by atoms with van der Waals surface area (Å²) in [5.41, 5.74) is 3.06. The number of rotatable bonds is 7. The summed E-state index contributed by atoms with van der Waals surface area (Å²) >= 11 is 0. The smallest absolute Gasteiger partial charge is 0.271 e. The van der Waals surface area contributed by atoms with Crippen LogP contribution < -0.4 is 10.6 Å². The molecule has 2 aromatic heterocycles. The topological polar surface area (TPSA) is 92.9 Å². The molecule has 0 saturated carbocycles. The van der Waals surface area contributed by atoms with Gasteiger partial charge in [-0.05, 0) is 25.5 Å². The van der Waals surface area contributed by atoms with Crippen LogP contribution in [0.25, 0.3) is 11.3 Å². The van der Waals surface area contributed by atoms with Crippen molar-refractivity contribution in [2.24, 2.45) is 0 Å². The van der Waals surface area contributed by atoms with E-state index in [4.69, 9.17) is 4.52 Å². The van der Waals surface area contributed by atoms with E-state index in [2.05, 4.69) is 26.0 Å². The van der Waals surface area contributed by atoms with Crippen LogP contribution in [0.15, 0.2) is 47.0 Å². The van der Waals surface area contributed by atoms with Crippen LogP contribution in [0.3, 0.4) is 0 Å². The lowest BCUT2D eigenvalue weighted by molar-refractivity contribution is 0.0947. The fourth-order valence-electron chi connectivity index (χ4n) is 2.48. The first-order valence-corrected chi connectivity index (χ1v) is 8.55. The van der Waals surface area contributed by atoms with Crippen LogP contribution in [0, 0.1) is 6.92 Å². The molecule has 7 nitrogen and oxygen atoms in total. The minimum Gasteiger partial charge on any atom is -0.364 e. The Labute approximate surface area is 151 Å². The van der Waals surface area contributed by atoms with E-state index in [1.165, 1.54) is 0 Å². The number of nitrogens with zero attached hydrogens (tertiary/aromatic N) is 3. The summed E-state index contributed by atoms with van der Waals surface area (Å²) in [6, 6.07) is 13.3. The van der Waals surface area contributed by atoms with Crippen LogP contribution in [0.1, 0.15) is 35.2 Å². The summed E-state index contributed by atoms with van der Waals surface area (Å²) in [5.74, 6) is 1.11. The third kappa shape index (κ3) is 4.05. The lowest BCUT2D eigenvalue weighted by Gasteiger charge is -2.07. The Hall–Kier alpha value is -3.22. The molecule has 26 heavy (non-hydrogen) atoms. The molecule has 0 bridgehead atoms. The van der Waals surface area contributed by atoms with Gasteiger partial charge in [0.15, 0.2) is 5.69 Å². The van der Waals surface area contributed by atoms with Gasteiger partial charge in [0.2, 0.25) is 0 Å². The highest BCUT2D eigenvalue weighted by molar-refractivity contribution is 5.92. The van der Waals surface area contributed by atoms with Crippen LogP contribution in [-0.2, 0) is 6.54 Å². The second kappa shape index (κ2) is 8.24. The molecule has 2 heterocycles. The van der Waals surface area contributed by atoms with Crippen molar-refractivity contribution >= 4 is 11.7 Å². The van der Waals surface area contributed by atoms with Gasteiger partial charge in [-0.3, -0.25) is 4.79 Å². The maximum absolute atomic E-state index is 11.9. The minimum atomic E-state index is -0.216. The normalized spacial score (nSPS) is 10.5. The maximum atomic E-state index is 11.9. The standard InChI is InChI=1S/C19H21N5O2/c1-3-11-20-19(25)16-9-10-17(23-22-16)21-12-15-13(2)26-24-18(15)14-7-5-4-6-8-14/h4-10H,3,11-12H2,1-2H3,(H,20,25)(H,21,23). The summed E-state index contributed by atoms with van der Waals surface area (Å²) < 4.78 is 5.35. The molecule has 2 N–H and O–H groups in total. The molecule has 1 amide bonds. The molecule has 134 valence electrons. The number of hydrogen-bond acceptors (Lipinski definition) is 6. The zero-order valence-electron chi connectivity index (χ0n) is 14.8. The number of aromatic nitrogens is 3. The molecule has 3 rings (SSSR count). The average Bonchev–Trinajstić information content (AvgIpc) is 3.06. The van der Waals surface area contributed by atoms with Crippen LogP contribution in [0.5, 0.6) is 0 Å². The molecule has 0 spiro atoms. The van der Waals surface area contributed by atoms with Gasteiger partial charge in [0.05, 0.1) is 0 Å². The van der Waals surface area contributed by atoms with Crippen molar-refractivity contribution in [1.82, 2.24) is 20.7 Å². The molecule has 0 saturated heterocycles. The van der Waals surface area contributed by atoms with E-state index in [0.29, 0.717) is 24.6 Å². The van der Waals surface area contributed by atoms with Gasteiger partial charge in [0.25, 0.3) is 5.91 Å². The molecule has 3 aromatic rings. The Morgan fingerprint density at radius 2 is 1.92 bits per heavy atom. The van der Waals surface area contributed by atoms with E-state index >= 15 is 0 Å². The van der Waals surface area contributed by atoms with E-state index in [-0.39, 0.29) is 5.91 Å². The molecule has 0 aliphatic rings.